The van der Waals surface area contributed by atoms with Crippen LogP contribution in [-0.4, -0.2) is 31.1 Å². The molecule has 0 bridgehead atoms. The predicted molar refractivity (Wildman–Crippen MR) is 106 cm³/mol. The molecule has 1 N–H and O–H groups in total. The van der Waals surface area contributed by atoms with E-state index in [1.54, 1.807) is 18.2 Å². The van der Waals surface area contributed by atoms with Crippen molar-refractivity contribution in [1.82, 2.24) is 5.32 Å². The first kappa shape index (κ1) is 21.8. The third-order valence-corrected chi connectivity index (χ3v) is 5.62. The highest BCUT2D eigenvalue weighted by Crippen LogP contribution is 2.29. The molecule has 1 aromatic carbocycles. The summed E-state index contributed by atoms with van der Waals surface area (Å²) in [5.74, 6) is 0.903. The number of esters is 1. The molecular weight excluding hydrogens is 389 g/mol. The lowest BCUT2D eigenvalue weighted by atomic mass is 9.78. The van der Waals surface area contributed by atoms with Crippen LogP contribution in [0.4, 0.5) is 0 Å². The van der Waals surface area contributed by atoms with Crippen LogP contribution in [-0.2, 0) is 14.3 Å². The van der Waals surface area contributed by atoms with Crippen LogP contribution in [0.5, 0.6) is 5.75 Å². The summed E-state index contributed by atoms with van der Waals surface area (Å²) in [6.07, 6.45) is 3.95. The third-order valence-electron chi connectivity index (χ3n) is 5.09. The third kappa shape index (κ3) is 7.23. The zero-order valence-corrected chi connectivity index (χ0v) is 17.3. The van der Waals surface area contributed by atoms with Crippen LogP contribution < -0.4 is 10.1 Å². The Morgan fingerprint density at radius 1 is 1.22 bits per heavy atom. The maximum absolute atomic E-state index is 12.0. The Balaban J connectivity index is 1.60. The smallest absolute Gasteiger partial charge is 0.306 e. The van der Waals surface area contributed by atoms with Crippen LogP contribution in [0.2, 0.25) is 10.0 Å². The molecule has 7 heteroatoms. The number of hydrogen-bond donors (Lipinski definition) is 1. The van der Waals surface area contributed by atoms with Crippen molar-refractivity contribution in [2.75, 3.05) is 13.2 Å². The van der Waals surface area contributed by atoms with E-state index >= 15 is 0 Å². The zero-order chi connectivity index (χ0) is 19.8. The topological polar surface area (TPSA) is 64.6 Å². The molecule has 150 valence electrons. The van der Waals surface area contributed by atoms with E-state index in [4.69, 9.17) is 32.7 Å². The molecule has 0 saturated heterocycles. The molecule has 1 aliphatic rings. The van der Waals surface area contributed by atoms with E-state index in [1.807, 2.05) is 0 Å². The van der Waals surface area contributed by atoms with Gasteiger partial charge in [-0.15, -0.1) is 0 Å². The molecule has 27 heavy (non-hydrogen) atoms. The van der Waals surface area contributed by atoms with Crippen molar-refractivity contribution in [2.24, 2.45) is 11.8 Å². The molecule has 2 rings (SSSR count). The zero-order valence-electron chi connectivity index (χ0n) is 15.8. The van der Waals surface area contributed by atoms with Gasteiger partial charge in [-0.2, -0.15) is 0 Å². The van der Waals surface area contributed by atoms with Gasteiger partial charge in [-0.25, -0.2) is 0 Å². The fraction of sp³-hybridized carbons (Fsp3) is 0.600. The maximum Gasteiger partial charge on any atom is 0.306 e. The van der Waals surface area contributed by atoms with E-state index in [0.717, 1.165) is 12.8 Å². The molecule has 1 fully saturated rings. The Kier molecular flexibility index (Phi) is 8.71. The van der Waals surface area contributed by atoms with Crippen LogP contribution >= 0.6 is 23.2 Å². The van der Waals surface area contributed by atoms with Gasteiger partial charge in [0.15, 0.2) is 6.61 Å². The number of nitrogens with one attached hydrogen (secondary N) is 1. The normalized spacial score (nSPS) is 22.1. The van der Waals surface area contributed by atoms with Crippen LogP contribution in [0.25, 0.3) is 0 Å². The molecular formula is C20H27Cl2NO4. The van der Waals surface area contributed by atoms with E-state index in [2.05, 4.69) is 19.2 Å². The number of hydrogen-bond acceptors (Lipinski definition) is 4. The molecule has 0 aromatic heterocycles. The van der Waals surface area contributed by atoms with Crippen molar-refractivity contribution in [2.45, 2.75) is 52.0 Å². The molecule has 1 amide bonds. The number of benzene rings is 1. The van der Waals surface area contributed by atoms with Crippen LogP contribution in [0.3, 0.4) is 0 Å². The summed E-state index contributed by atoms with van der Waals surface area (Å²) in [5.41, 5.74) is 0. The van der Waals surface area contributed by atoms with Crippen molar-refractivity contribution in [1.29, 1.82) is 0 Å². The Morgan fingerprint density at radius 3 is 2.74 bits per heavy atom. The number of rotatable bonds is 8. The molecule has 0 unspecified atom stereocenters. The number of halogens is 2. The lowest BCUT2D eigenvalue weighted by Gasteiger charge is -2.34. The Labute approximate surface area is 170 Å². The molecule has 0 spiro atoms. The largest absolute Gasteiger partial charge is 0.492 e. The van der Waals surface area contributed by atoms with Gasteiger partial charge in [0.25, 0.3) is 5.91 Å². The number of ether oxygens (including phenoxy) is 2. The highest BCUT2D eigenvalue weighted by Gasteiger charge is 2.28. The van der Waals surface area contributed by atoms with Crippen molar-refractivity contribution >= 4 is 35.1 Å². The highest BCUT2D eigenvalue weighted by molar-refractivity contribution is 6.35. The lowest BCUT2D eigenvalue weighted by molar-refractivity contribution is -0.149. The van der Waals surface area contributed by atoms with Crippen LogP contribution in [0, 0.1) is 11.8 Å². The van der Waals surface area contributed by atoms with E-state index in [0.29, 0.717) is 40.7 Å². The fourth-order valence-electron chi connectivity index (χ4n) is 3.24. The van der Waals surface area contributed by atoms with E-state index in [1.165, 1.54) is 6.42 Å². The maximum atomic E-state index is 12.0. The second kappa shape index (κ2) is 10.8. The number of carbonyl (C=O) groups is 2. The van der Waals surface area contributed by atoms with Gasteiger partial charge >= 0.3 is 5.97 Å². The van der Waals surface area contributed by atoms with Crippen molar-refractivity contribution in [3.05, 3.63) is 28.2 Å². The summed E-state index contributed by atoms with van der Waals surface area (Å²) in [6.45, 7) is 4.45. The van der Waals surface area contributed by atoms with Crippen molar-refractivity contribution in [3.8, 4) is 5.75 Å². The second-order valence-electron chi connectivity index (χ2n) is 7.13. The van der Waals surface area contributed by atoms with Gasteiger partial charge in [-0.05, 0) is 42.9 Å². The highest BCUT2D eigenvalue weighted by atomic mass is 35.5. The van der Waals surface area contributed by atoms with E-state index in [-0.39, 0.29) is 25.0 Å². The first-order valence-electron chi connectivity index (χ1n) is 9.39. The SMILES string of the molecule is C[C@@H]1[C@@H](C)CCC[C@H]1NC(=O)COC(=O)CCCOc1ccc(Cl)cc1Cl. The van der Waals surface area contributed by atoms with Gasteiger partial charge in [0.1, 0.15) is 5.75 Å². The van der Waals surface area contributed by atoms with Gasteiger partial charge in [0.05, 0.1) is 11.6 Å². The molecule has 3 atom stereocenters. The molecule has 0 radical (unpaired) electrons. The summed E-state index contributed by atoms with van der Waals surface area (Å²) in [4.78, 5) is 23.8. The summed E-state index contributed by atoms with van der Waals surface area (Å²) in [5, 5.41) is 3.95. The Hall–Kier alpha value is -1.46. The Bertz CT molecular complexity index is 653. The second-order valence-corrected chi connectivity index (χ2v) is 7.97. The summed E-state index contributed by atoms with van der Waals surface area (Å²) >= 11 is 11.8. The molecule has 1 aromatic rings. The van der Waals surface area contributed by atoms with Gasteiger partial charge in [-0.1, -0.05) is 49.9 Å². The summed E-state index contributed by atoms with van der Waals surface area (Å²) in [6, 6.07) is 5.13. The van der Waals surface area contributed by atoms with E-state index < -0.39 is 5.97 Å². The number of carbonyl (C=O) groups excluding carboxylic acids is 2. The first-order chi connectivity index (χ1) is 12.9. The fourth-order valence-corrected chi connectivity index (χ4v) is 3.71. The molecule has 1 saturated carbocycles. The molecule has 5 nitrogen and oxygen atoms in total. The average Bonchev–Trinajstić information content (AvgIpc) is 2.62. The van der Waals surface area contributed by atoms with Crippen LogP contribution in [0.1, 0.15) is 46.0 Å². The minimum Gasteiger partial charge on any atom is -0.492 e. The average molecular weight is 416 g/mol. The molecule has 0 heterocycles. The molecule has 1 aliphatic carbocycles. The predicted octanol–water partition coefficient (Wildman–Crippen LogP) is 4.64. The van der Waals surface area contributed by atoms with Gasteiger partial charge in [0, 0.05) is 17.5 Å². The summed E-state index contributed by atoms with van der Waals surface area (Å²) < 4.78 is 10.6. The number of amides is 1. The minimum absolute atomic E-state index is 0.164. The standard InChI is InChI=1S/C20H27Cl2NO4/c1-13-5-3-6-17(14(13)2)23-19(24)12-27-20(25)7-4-10-26-18-9-8-15(21)11-16(18)22/h8-9,11,13-14,17H,3-7,10,12H2,1-2H3,(H,23,24)/t13-,14+,17+/m0/s1. The summed E-state index contributed by atoms with van der Waals surface area (Å²) in [7, 11) is 0. The van der Waals surface area contributed by atoms with Gasteiger partial charge in [-0.3, -0.25) is 9.59 Å². The quantitative estimate of drug-likeness (QED) is 0.496. The van der Waals surface area contributed by atoms with Gasteiger partial charge in [0.2, 0.25) is 0 Å². The lowest BCUT2D eigenvalue weighted by Crippen LogP contribution is -2.45. The van der Waals surface area contributed by atoms with Crippen molar-refractivity contribution in [3.63, 3.8) is 0 Å². The first-order valence-corrected chi connectivity index (χ1v) is 10.1. The van der Waals surface area contributed by atoms with Crippen LogP contribution in [0.15, 0.2) is 18.2 Å². The van der Waals surface area contributed by atoms with Crippen molar-refractivity contribution < 1.29 is 19.1 Å². The Morgan fingerprint density at radius 2 is 2.00 bits per heavy atom. The minimum atomic E-state index is -0.416. The van der Waals surface area contributed by atoms with Gasteiger partial charge < -0.3 is 14.8 Å². The monoisotopic (exact) mass is 415 g/mol. The molecule has 0 aliphatic heterocycles. The van der Waals surface area contributed by atoms with E-state index in [9.17, 15) is 9.59 Å².